The van der Waals surface area contributed by atoms with Crippen molar-refractivity contribution in [2.75, 3.05) is 13.2 Å². The van der Waals surface area contributed by atoms with E-state index < -0.39 is 0 Å². The first-order valence-electron chi connectivity index (χ1n) is 6.48. The van der Waals surface area contributed by atoms with Crippen molar-refractivity contribution in [1.82, 2.24) is 15.0 Å². The Balaban J connectivity index is 2.44. The third-order valence-corrected chi connectivity index (χ3v) is 2.81. The van der Waals surface area contributed by atoms with Crippen molar-refractivity contribution in [1.29, 1.82) is 0 Å². The van der Waals surface area contributed by atoms with Crippen LogP contribution in [0, 0.1) is 6.92 Å². The van der Waals surface area contributed by atoms with Crippen LogP contribution in [0.1, 0.15) is 30.0 Å². The van der Waals surface area contributed by atoms with Crippen molar-refractivity contribution in [3.8, 4) is 17.2 Å². The van der Waals surface area contributed by atoms with Crippen molar-refractivity contribution in [2.45, 2.75) is 20.8 Å². The van der Waals surface area contributed by atoms with Gasteiger partial charge in [0.15, 0.2) is 17.8 Å². The normalized spacial score (nSPS) is 10.3. The summed E-state index contributed by atoms with van der Waals surface area (Å²) in [6, 6.07) is 5.50. The van der Waals surface area contributed by atoms with E-state index in [0.29, 0.717) is 42.4 Å². The molecule has 106 valence electrons. The van der Waals surface area contributed by atoms with E-state index in [9.17, 15) is 4.79 Å². The van der Waals surface area contributed by atoms with E-state index in [-0.39, 0.29) is 0 Å². The molecule has 0 N–H and O–H groups in total. The molecule has 1 heterocycles. The minimum atomic E-state index is 0.330. The van der Waals surface area contributed by atoms with Gasteiger partial charge in [-0.1, -0.05) is 5.21 Å². The lowest BCUT2D eigenvalue weighted by molar-refractivity contribution is 0.111. The van der Waals surface area contributed by atoms with Crippen LogP contribution in [-0.2, 0) is 0 Å². The first-order valence-corrected chi connectivity index (χ1v) is 6.48. The average molecular weight is 275 g/mol. The lowest BCUT2D eigenvalue weighted by Crippen LogP contribution is -2.03. The number of carbonyl (C=O) groups excluding carboxylic acids is 1. The smallest absolute Gasteiger partial charge is 0.172 e. The Hall–Kier alpha value is -2.37. The molecule has 0 bridgehead atoms. The number of ether oxygens (including phenoxy) is 2. The second kappa shape index (κ2) is 6.18. The van der Waals surface area contributed by atoms with Crippen molar-refractivity contribution < 1.29 is 14.3 Å². The highest BCUT2D eigenvalue weighted by molar-refractivity contribution is 5.73. The fraction of sp³-hybridized carbons (Fsp3) is 0.357. The van der Waals surface area contributed by atoms with Gasteiger partial charge in [-0.2, -0.15) is 0 Å². The van der Waals surface area contributed by atoms with Gasteiger partial charge in [0, 0.05) is 6.07 Å². The zero-order chi connectivity index (χ0) is 14.5. The molecule has 0 radical (unpaired) electrons. The maximum atomic E-state index is 10.8. The highest BCUT2D eigenvalue weighted by atomic mass is 16.5. The van der Waals surface area contributed by atoms with Crippen LogP contribution in [0.5, 0.6) is 11.5 Å². The number of hydrogen-bond acceptors (Lipinski definition) is 5. The third kappa shape index (κ3) is 2.64. The molecule has 0 spiro atoms. The number of benzene rings is 1. The van der Waals surface area contributed by atoms with Gasteiger partial charge in [-0.3, -0.25) is 4.79 Å². The molecule has 0 unspecified atom stereocenters. The Kier molecular flexibility index (Phi) is 4.34. The molecule has 0 amide bonds. The molecule has 1 aromatic carbocycles. The molecule has 0 aliphatic carbocycles. The fourth-order valence-electron chi connectivity index (χ4n) is 1.87. The lowest BCUT2D eigenvalue weighted by Gasteiger charge is -2.12. The minimum absolute atomic E-state index is 0.330. The maximum Gasteiger partial charge on any atom is 0.172 e. The molecule has 0 aliphatic heterocycles. The van der Waals surface area contributed by atoms with Gasteiger partial charge >= 0.3 is 0 Å². The maximum absolute atomic E-state index is 10.8. The van der Waals surface area contributed by atoms with E-state index in [1.165, 1.54) is 0 Å². The highest BCUT2D eigenvalue weighted by Gasteiger charge is 2.12. The summed E-state index contributed by atoms with van der Waals surface area (Å²) in [4.78, 5) is 10.8. The van der Waals surface area contributed by atoms with Gasteiger partial charge in [0.05, 0.1) is 24.6 Å². The van der Waals surface area contributed by atoms with Gasteiger partial charge in [-0.05, 0) is 32.9 Å². The first kappa shape index (κ1) is 14.0. The van der Waals surface area contributed by atoms with Crippen LogP contribution in [0.3, 0.4) is 0 Å². The number of carbonyl (C=O) groups is 1. The molecule has 6 heteroatoms. The topological polar surface area (TPSA) is 66.2 Å². The van der Waals surface area contributed by atoms with Crippen molar-refractivity contribution in [3.05, 3.63) is 29.6 Å². The fourth-order valence-corrected chi connectivity index (χ4v) is 1.87. The number of aromatic nitrogens is 3. The third-order valence-electron chi connectivity index (χ3n) is 2.81. The summed E-state index contributed by atoms with van der Waals surface area (Å²) >= 11 is 0. The molecule has 0 saturated heterocycles. The van der Waals surface area contributed by atoms with Crippen LogP contribution < -0.4 is 9.47 Å². The average Bonchev–Trinajstić information content (AvgIpc) is 2.82. The molecular weight excluding hydrogens is 258 g/mol. The Labute approximate surface area is 117 Å². The molecule has 0 atom stereocenters. The molecule has 1 aromatic heterocycles. The van der Waals surface area contributed by atoms with E-state index in [1.54, 1.807) is 11.6 Å². The molecular formula is C14H17N3O3. The number of nitrogens with zero attached hydrogens (tertiary/aromatic N) is 3. The summed E-state index contributed by atoms with van der Waals surface area (Å²) in [5, 5.41) is 7.79. The molecule has 2 aromatic rings. The zero-order valence-corrected chi connectivity index (χ0v) is 11.8. The van der Waals surface area contributed by atoms with Gasteiger partial charge < -0.3 is 9.47 Å². The lowest BCUT2D eigenvalue weighted by atomic mass is 10.2. The SMILES string of the molecule is CCOc1ccc(-n2nnc(C=O)c2C)cc1OCC. The van der Waals surface area contributed by atoms with Crippen molar-refractivity contribution >= 4 is 6.29 Å². The van der Waals surface area contributed by atoms with E-state index in [0.717, 1.165) is 5.69 Å². The monoisotopic (exact) mass is 275 g/mol. The Bertz CT molecular complexity index is 608. The number of rotatable bonds is 6. The molecule has 0 fully saturated rings. The second-order valence-electron chi connectivity index (χ2n) is 4.09. The van der Waals surface area contributed by atoms with Crippen LogP contribution in [0.4, 0.5) is 0 Å². The molecule has 20 heavy (non-hydrogen) atoms. The summed E-state index contributed by atoms with van der Waals surface area (Å²) in [6.45, 7) is 6.73. The second-order valence-corrected chi connectivity index (χ2v) is 4.09. The van der Waals surface area contributed by atoms with Crippen LogP contribution >= 0.6 is 0 Å². The first-order chi connectivity index (χ1) is 9.71. The van der Waals surface area contributed by atoms with Crippen LogP contribution in [-0.4, -0.2) is 34.5 Å². The molecule has 0 saturated carbocycles. The van der Waals surface area contributed by atoms with Gasteiger partial charge in [0.2, 0.25) is 0 Å². The van der Waals surface area contributed by atoms with E-state index in [2.05, 4.69) is 10.3 Å². The van der Waals surface area contributed by atoms with Gasteiger partial charge in [0.25, 0.3) is 0 Å². The number of hydrogen-bond donors (Lipinski definition) is 0. The van der Waals surface area contributed by atoms with E-state index in [4.69, 9.17) is 9.47 Å². The molecule has 0 aliphatic rings. The summed E-state index contributed by atoms with van der Waals surface area (Å²) in [5.41, 5.74) is 1.79. The Morgan fingerprint density at radius 1 is 1.20 bits per heavy atom. The van der Waals surface area contributed by atoms with Crippen LogP contribution in [0.2, 0.25) is 0 Å². The van der Waals surface area contributed by atoms with E-state index >= 15 is 0 Å². The quantitative estimate of drug-likeness (QED) is 0.756. The van der Waals surface area contributed by atoms with Crippen molar-refractivity contribution in [3.63, 3.8) is 0 Å². The predicted octanol–water partition coefficient (Wildman–Crippen LogP) is 2.19. The summed E-state index contributed by atoms with van der Waals surface area (Å²) in [6.07, 6.45) is 0.691. The summed E-state index contributed by atoms with van der Waals surface area (Å²) in [7, 11) is 0. The predicted molar refractivity (Wildman–Crippen MR) is 73.8 cm³/mol. The van der Waals surface area contributed by atoms with E-state index in [1.807, 2.05) is 32.0 Å². The van der Waals surface area contributed by atoms with Crippen LogP contribution in [0.25, 0.3) is 5.69 Å². The summed E-state index contributed by atoms with van der Waals surface area (Å²) in [5.74, 6) is 1.33. The summed E-state index contributed by atoms with van der Waals surface area (Å²) < 4.78 is 12.7. The molecule has 6 nitrogen and oxygen atoms in total. The minimum Gasteiger partial charge on any atom is -0.490 e. The van der Waals surface area contributed by atoms with Gasteiger partial charge in [0.1, 0.15) is 5.69 Å². The van der Waals surface area contributed by atoms with Gasteiger partial charge in [-0.15, -0.1) is 5.10 Å². The highest BCUT2D eigenvalue weighted by Crippen LogP contribution is 2.30. The standard InChI is InChI=1S/C14H17N3O3/c1-4-19-13-7-6-11(8-14(13)20-5-2)17-10(3)12(9-18)15-16-17/h6-9H,4-5H2,1-3H3. The van der Waals surface area contributed by atoms with Crippen molar-refractivity contribution in [2.24, 2.45) is 0 Å². The van der Waals surface area contributed by atoms with Crippen LogP contribution in [0.15, 0.2) is 18.2 Å². The molecule has 2 rings (SSSR count). The largest absolute Gasteiger partial charge is 0.490 e. The van der Waals surface area contributed by atoms with Gasteiger partial charge in [-0.25, -0.2) is 4.68 Å². The zero-order valence-electron chi connectivity index (χ0n) is 11.8. The Morgan fingerprint density at radius 3 is 2.50 bits per heavy atom. The number of aldehydes is 1. The Morgan fingerprint density at radius 2 is 1.90 bits per heavy atom.